The molecule has 8 heteroatoms. The first-order chi connectivity index (χ1) is 10.6. The third-order valence-electron chi connectivity index (χ3n) is 3.33. The molecule has 114 valence electrons. The number of nitrogens with two attached hydrogens (primary N) is 1. The molecule has 0 aliphatic carbocycles. The van der Waals surface area contributed by atoms with Gasteiger partial charge in [-0.2, -0.15) is 5.10 Å². The van der Waals surface area contributed by atoms with Crippen LogP contribution in [0.15, 0.2) is 40.4 Å². The molecule has 1 aromatic rings. The van der Waals surface area contributed by atoms with Gasteiger partial charge in [0.05, 0.1) is 12.2 Å². The summed E-state index contributed by atoms with van der Waals surface area (Å²) in [5.74, 6) is 0.0168. The number of hydrogen-bond donors (Lipinski definition) is 2. The number of primary amides is 1. The number of nitrogens with zero attached hydrogens (tertiary/aromatic N) is 3. The molecule has 1 atom stereocenters. The zero-order valence-electron chi connectivity index (χ0n) is 11.7. The highest BCUT2D eigenvalue weighted by atomic mass is 32.2. The molecular formula is C14H15N5O2S. The average Bonchev–Trinajstić information content (AvgIpc) is 3.17. The van der Waals surface area contributed by atoms with Gasteiger partial charge in [0, 0.05) is 12.2 Å². The first kappa shape index (κ1) is 14.6. The van der Waals surface area contributed by atoms with Gasteiger partial charge >= 0.3 is 0 Å². The van der Waals surface area contributed by atoms with E-state index in [9.17, 15) is 9.59 Å². The first-order valence-electron chi connectivity index (χ1n) is 6.85. The van der Waals surface area contributed by atoms with Crippen LogP contribution in [0, 0.1) is 0 Å². The Balaban J connectivity index is 1.80. The minimum absolute atomic E-state index is 0.188. The molecule has 3 N–H and O–H groups in total. The molecule has 2 heterocycles. The molecule has 22 heavy (non-hydrogen) atoms. The van der Waals surface area contributed by atoms with Crippen molar-refractivity contribution >= 4 is 40.1 Å². The van der Waals surface area contributed by atoms with Crippen molar-refractivity contribution < 1.29 is 9.59 Å². The summed E-state index contributed by atoms with van der Waals surface area (Å²) in [4.78, 5) is 28.0. The maximum absolute atomic E-state index is 12.2. The van der Waals surface area contributed by atoms with E-state index >= 15 is 0 Å². The summed E-state index contributed by atoms with van der Waals surface area (Å²) >= 11 is 1.49. The lowest BCUT2D eigenvalue weighted by Gasteiger charge is -2.20. The van der Waals surface area contributed by atoms with Crippen LogP contribution in [0.5, 0.6) is 0 Å². The van der Waals surface area contributed by atoms with Gasteiger partial charge in [0.15, 0.2) is 5.17 Å². The normalized spacial score (nSPS) is 20.5. The van der Waals surface area contributed by atoms with E-state index in [4.69, 9.17) is 5.73 Å². The topological polar surface area (TPSA) is 100 Å². The first-order valence-corrected chi connectivity index (χ1v) is 7.83. The quantitative estimate of drug-likeness (QED) is 0.838. The highest BCUT2D eigenvalue weighted by molar-refractivity contribution is 8.14. The minimum Gasteiger partial charge on any atom is -0.368 e. The highest BCUT2D eigenvalue weighted by Gasteiger charge is 2.35. The number of rotatable bonds is 3. The number of amidine groups is 1. The summed E-state index contributed by atoms with van der Waals surface area (Å²) in [6.45, 7) is 0.701. The molecule has 0 spiro atoms. The molecule has 7 nitrogen and oxygen atoms in total. The van der Waals surface area contributed by atoms with Gasteiger partial charge in [0.1, 0.15) is 11.8 Å². The fourth-order valence-corrected chi connectivity index (χ4v) is 2.99. The van der Waals surface area contributed by atoms with Crippen LogP contribution in [-0.2, 0) is 9.59 Å². The van der Waals surface area contributed by atoms with Crippen LogP contribution in [-0.4, -0.2) is 41.0 Å². The molecule has 0 saturated heterocycles. The summed E-state index contributed by atoms with van der Waals surface area (Å²) in [6, 6.07) is 8.52. The van der Waals surface area contributed by atoms with Crippen LogP contribution < -0.4 is 16.1 Å². The molecule has 0 bridgehead atoms. The average molecular weight is 317 g/mol. The lowest BCUT2D eigenvalue weighted by atomic mass is 10.1. The number of anilines is 1. The molecular weight excluding hydrogens is 302 g/mol. The van der Waals surface area contributed by atoms with Crippen LogP contribution >= 0.6 is 11.8 Å². The van der Waals surface area contributed by atoms with Crippen LogP contribution in [0.25, 0.3) is 0 Å². The summed E-state index contributed by atoms with van der Waals surface area (Å²) in [5, 5.41) is 9.09. The summed E-state index contributed by atoms with van der Waals surface area (Å²) in [7, 11) is 0. The Bertz CT molecular complexity index is 658. The van der Waals surface area contributed by atoms with E-state index < -0.39 is 11.9 Å². The number of para-hydroxylation sites is 1. The van der Waals surface area contributed by atoms with Gasteiger partial charge in [-0.15, -0.1) is 0 Å². The SMILES string of the molecule is NC(=O)C1CC(C(=O)NC2=NCCS2)=NN1c1ccccc1. The van der Waals surface area contributed by atoms with Crippen molar-refractivity contribution in [3.05, 3.63) is 30.3 Å². The van der Waals surface area contributed by atoms with Crippen molar-refractivity contribution in [2.45, 2.75) is 12.5 Å². The summed E-state index contributed by atoms with van der Waals surface area (Å²) < 4.78 is 0. The molecule has 0 fully saturated rings. The molecule has 0 radical (unpaired) electrons. The smallest absolute Gasteiger partial charge is 0.273 e. The van der Waals surface area contributed by atoms with Gasteiger partial charge in [-0.05, 0) is 12.1 Å². The lowest BCUT2D eigenvalue weighted by Crippen LogP contribution is -2.40. The van der Waals surface area contributed by atoms with Gasteiger partial charge in [-0.25, -0.2) is 0 Å². The molecule has 1 aromatic carbocycles. The number of thioether (sulfide) groups is 1. The van der Waals surface area contributed by atoms with E-state index in [0.29, 0.717) is 11.7 Å². The lowest BCUT2D eigenvalue weighted by molar-refractivity contribution is -0.119. The van der Waals surface area contributed by atoms with Crippen LogP contribution in [0.1, 0.15) is 6.42 Å². The van der Waals surface area contributed by atoms with Crippen LogP contribution in [0.2, 0.25) is 0 Å². The Hall–Kier alpha value is -2.35. The van der Waals surface area contributed by atoms with Gasteiger partial charge in [0.2, 0.25) is 5.91 Å². The van der Waals surface area contributed by atoms with Crippen molar-refractivity contribution in [3.8, 4) is 0 Å². The van der Waals surface area contributed by atoms with Gasteiger partial charge in [-0.1, -0.05) is 30.0 Å². The maximum Gasteiger partial charge on any atom is 0.273 e. The van der Waals surface area contributed by atoms with E-state index in [1.165, 1.54) is 16.8 Å². The standard InChI is InChI=1S/C14H15N5O2S/c15-12(20)11-8-10(13(21)17-14-16-6-7-22-14)18-19(11)9-4-2-1-3-5-9/h1-5,11H,6-8H2,(H2,15,20)(H,16,17,21). The molecule has 0 saturated carbocycles. The Labute approximate surface area is 131 Å². The van der Waals surface area contributed by atoms with Crippen molar-refractivity contribution in [2.24, 2.45) is 15.8 Å². The molecule has 0 aromatic heterocycles. The monoisotopic (exact) mass is 317 g/mol. The van der Waals surface area contributed by atoms with Gasteiger partial charge < -0.3 is 11.1 Å². The van der Waals surface area contributed by atoms with Crippen LogP contribution in [0.4, 0.5) is 5.69 Å². The number of benzene rings is 1. The third kappa shape index (κ3) is 2.96. The largest absolute Gasteiger partial charge is 0.368 e. The second-order valence-corrected chi connectivity index (χ2v) is 5.92. The highest BCUT2D eigenvalue weighted by Crippen LogP contribution is 2.24. The number of amides is 2. The number of aliphatic imine (C=N–C) groups is 1. The Morgan fingerprint density at radius 3 is 2.73 bits per heavy atom. The fraction of sp³-hybridized carbons (Fsp3) is 0.286. The molecule has 2 aliphatic rings. The summed E-state index contributed by atoms with van der Waals surface area (Å²) in [6.07, 6.45) is 0.188. The van der Waals surface area contributed by atoms with Crippen molar-refractivity contribution in [1.82, 2.24) is 5.32 Å². The number of nitrogens with one attached hydrogen (secondary N) is 1. The zero-order chi connectivity index (χ0) is 15.5. The maximum atomic E-state index is 12.2. The number of hydrogen-bond acceptors (Lipinski definition) is 6. The van der Waals surface area contributed by atoms with Crippen LogP contribution in [0.3, 0.4) is 0 Å². The van der Waals surface area contributed by atoms with Crippen molar-refractivity contribution in [3.63, 3.8) is 0 Å². The minimum atomic E-state index is -0.652. The third-order valence-corrected chi connectivity index (χ3v) is 4.22. The van der Waals surface area contributed by atoms with E-state index in [1.807, 2.05) is 30.3 Å². The van der Waals surface area contributed by atoms with E-state index in [0.717, 1.165) is 11.4 Å². The number of hydrazone groups is 1. The van der Waals surface area contributed by atoms with Gasteiger partial charge in [0.25, 0.3) is 5.91 Å². The van der Waals surface area contributed by atoms with E-state index in [2.05, 4.69) is 15.4 Å². The molecule has 3 rings (SSSR count). The molecule has 2 amide bonds. The number of carbonyl (C=O) groups excluding carboxylic acids is 2. The Morgan fingerprint density at radius 1 is 1.32 bits per heavy atom. The Kier molecular flexibility index (Phi) is 4.10. The number of carbonyl (C=O) groups is 2. The van der Waals surface area contributed by atoms with E-state index in [-0.39, 0.29) is 18.0 Å². The fourth-order valence-electron chi connectivity index (χ4n) is 2.27. The van der Waals surface area contributed by atoms with Crippen molar-refractivity contribution in [1.29, 1.82) is 0 Å². The molecule has 1 unspecified atom stereocenters. The Morgan fingerprint density at radius 2 is 2.09 bits per heavy atom. The summed E-state index contributed by atoms with van der Waals surface area (Å²) in [5.41, 5.74) is 6.44. The van der Waals surface area contributed by atoms with E-state index in [1.54, 1.807) is 0 Å². The second kappa shape index (κ2) is 6.18. The van der Waals surface area contributed by atoms with Gasteiger partial charge in [-0.3, -0.25) is 19.6 Å². The second-order valence-electron chi connectivity index (χ2n) is 4.84. The predicted octanol–water partition coefficient (Wildman–Crippen LogP) is 0.326. The zero-order valence-corrected chi connectivity index (χ0v) is 12.5. The predicted molar refractivity (Wildman–Crippen MR) is 86.9 cm³/mol. The van der Waals surface area contributed by atoms with Crippen molar-refractivity contribution in [2.75, 3.05) is 17.3 Å². The molecule has 2 aliphatic heterocycles.